The molecule has 35 heavy (non-hydrogen) atoms. The fourth-order valence-corrected chi connectivity index (χ4v) is 5.28. The second kappa shape index (κ2) is 12.1. The van der Waals surface area contributed by atoms with Crippen LogP contribution in [0.5, 0.6) is 0 Å². The molecule has 1 aromatic carbocycles. The Kier molecular flexibility index (Phi) is 9.22. The highest BCUT2D eigenvalue weighted by Crippen LogP contribution is 2.19. The summed E-state index contributed by atoms with van der Waals surface area (Å²) in [6.45, 7) is 4.11. The molecule has 2 heterocycles. The Bertz CT molecular complexity index is 1150. The average Bonchev–Trinajstić information content (AvgIpc) is 2.82. The van der Waals surface area contributed by atoms with E-state index in [0.29, 0.717) is 30.9 Å². The van der Waals surface area contributed by atoms with Gasteiger partial charge in [0, 0.05) is 43.6 Å². The van der Waals surface area contributed by atoms with Crippen LogP contribution in [0.1, 0.15) is 51.0 Å². The summed E-state index contributed by atoms with van der Waals surface area (Å²) < 4.78 is 28.3. The summed E-state index contributed by atoms with van der Waals surface area (Å²) >= 11 is 0. The van der Waals surface area contributed by atoms with E-state index in [1.54, 1.807) is 30.5 Å². The Morgan fingerprint density at radius 1 is 1.14 bits per heavy atom. The molecular formula is C25H32N4O5S. The number of carbonyl (C=O) groups excluding carboxylic acids is 3. The van der Waals surface area contributed by atoms with Gasteiger partial charge in [0.1, 0.15) is 5.82 Å². The maximum Gasteiger partial charge on any atom is 0.287 e. The van der Waals surface area contributed by atoms with E-state index in [2.05, 4.69) is 20.0 Å². The van der Waals surface area contributed by atoms with Crippen molar-refractivity contribution in [1.29, 1.82) is 0 Å². The van der Waals surface area contributed by atoms with E-state index in [1.165, 1.54) is 12.1 Å². The van der Waals surface area contributed by atoms with Crippen molar-refractivity contribution in [3.8, 4) is 0 Å². The first kappa shape index (κ1) is 26.6. The number of nitrogens with zero attached hydrogens (tertiary/aromatic N) is 2. The van der Waals surface area contributed by atoms with Gasteiger partial charge in [0.15, 0.2) is 5.78 Å². The molecule has 1 amide bonds. The number of fused-ring (bicyclic) bond motifs is 2. The monoisotopic (exact) mass is 500 g/mol. The number of hydrogen-bond donors (Lipinski definition) is 2. The second-order valence-corrected chi connectivity index (χ2v) is 10.9. The number of carbonyl (C=O) groups is 3. The molecule has 0 radical (unpaired) electrons. The molecule has 0 saturated heterocycles. The predicted octanol–water partition coefficient (Wildman–Crippen LogP) is 2.01. The Morgan fingerprint density at radius 2 is 1.89 bits per heavy atom. The predicted molar refractivity (Wildman–Crippen MR) is 130 cm³/mol. The van der Waals surface area contributed by atoms with Crippen LogP contribution in [0.15, 0.2) is 47.5 Å². The highest BCUT2D eigenvalue weighted by Gasteiger charge is 2.33. The van der Waals surface area contributed by atoms with Gasteiger partial charge in [0.2, 0.25) is 15.8 Å². The highest BCUT2D eigenvalue weighted by atomic mass is 32.2. The zero-order chi connectivity index (χ0) is 25.4. The first-order valence-corrected chi connectivity index (χ1v) is 13.4. The van der Waals surface area contributed by atoms with Crippen LogP contribution in [0, 0.1) is 11.8 Å². The number of ketones is 2. The van der Waals surface area contributed by atoms with Crippen molar-refractivity contribution < 1.29 is 22.8 Å². The number of rotatable bonds is 8. The first-order valence-electron chi connectivity index (χ1n) is 11.9. The molecule has 0 saturated carbocycles. The van der Waals surface area contributed by atoms with Crippen LogP contribution in [0.2, 0.25) is 0 Å². The van der Waals surface area contributed by atoms with Crippen LogP contribution in [0.4, 0.5) is 0 Å². The lowest BCUT2D eigenvalue weighted by Crippen LogP contribution is -2.44. The molecule has 1 aliphatic rings. The molecule has 1 aromatic heterocycles. The standard InChI is InChI=1S/C25H32N4O5S/c1-17(2)14-21(29-35(33,34)20-8-4-3-5-9-20)22(30)16-18-15-19-11-13-26-23(28-19)10-6-7-12-27-25(32)24(18)31/h3-5,8-9,11,13,17-18,21,29H,6-7,10,12,14-16H2,1-2H3,(H,27,32). The van der Waals surface area contributed by atoms with Crippen LogP contribution in [0.25, 0.3) is 0 Å². The summed E-state index contributed by atoms with van der Waals surface area (Å²) in [5.41, 5.74) is 0.569. The van der Waals surface area contributed by atoms with E-state index in [0.717, 1.165) is 6.42 Å². The number of sulfonamides is 1. The molecule has 2 bridgehead atoms. The van der Waals surface area contributed by atoms with Gasteiger partial charge in [0.05, 0.1) is 10.9 Å². The van der Waals surface area contributed by atoms with Crippen molar-refractivity contribution in [3.05, 3.63) is 54.1 Å². The molecule has 2 unspecified atom stereocenters. The van der Waals surface area contributed by atoms with Gasteiger partial charge in [-0.1, -0.05) is 32.0 Å². The van der Waals surface area contributed by atoms with Gasteiger partial charge < -0.3 is 5.32 Å². The Hall–Kier alpha value is -2.98. The molecule has 0 aliphatic carbocycles. The van der Waals surface area contributed by atoms with E-state index < -0.39 is 39.5 Å². The van der Waals surface area contributed by atoms with Gasteiger partial charge in [-0.05, 0) is 43.4 Å². The topological polar surface area (TPSA) is 135 Å². The van der Waals surface area contributed by atoms with Crippen LogP contribution >= 0.6 is 0 Å². The number of nitrogens with one attached hydrogen (secondary N) is 2. The van der Waals surface area contributed by atoms with Gasteiger partial charge in [-0.3, -0.25) is 14.4 Å². The van der Waals surface area contributed by atoms with Crippen molar-refractivity contribution in [2.45, 2.75) is 63.3 Å². The number of benzene rings is 1. The zero-order valence-corrected chi connectivity index (χ0v) is 20.9. The average molecular weight is 501 g/mol. The minimum absolute atomic E-state index is 0.0159. The SMILES string of the molecule is CC(C)CC(NS(=O)(=O)c1ccccc1)C(=O)CC1Cc2ccnc(n2)CCCCNC(=O)C1=O. The summed E-state index contributed by atoms with van der Waals surface area (Å²) in [5.74, 6) is -2.16. The van der Waals surface area contributed by atoms with E-state index in [4.69, 9.17) is 0 Å². The maximum atomic E-state index is 13.4. The van der Waals surface area contributed by atoms with Gasteiger partial charge >= 0.3 is 0 Å². The minimum atomic E-state index is -3.95. The van der Waals surface area contributed by atoms with Gasteiger partial charge in [-0.15, -0.1) is 0 Å². The fraction of sp³-hybridized carbons (Fsp3) is 0.480. The molecule has 0 spiro atoms. The third-order valence-electron chi connectivity index (χ3n) is 5.82. The Labute approximate surface area is 206 Å². The molecule has 2 atom stereocenters. The third kappa shape index (κ3) is 7.76. The fourth-order valence-electron chi connectivity index (χ4n) is 4.02. The van der Waals surface area contributed by atoms with E-state index in [1.807, 2.05) is 13.8 Å². The summed E-state index contributed by atoms with van der Waals surface area (Å²) in [4.78, 5) is 47.7. The Morgan fingerprint density at radius 3 is 2.60 bits per heavy atom. The normalized spacial score (nSPS) is 18.3. The molecule has 3 rings (SSSR count). The van der Waals surface area contributed by atoms with Crippen molar-refractivity contribution in [1.82, 2.24) is 20.0 Å². The first-order chi connectivity index (χ1) is 16.7. The molecule has 9 nitrogen and oxygen atoms in total. The van der Waals surface area contributed by atoms with Crippen LogP contribution in [-0.4, -0.2) is 48.4 Å². The molecule has 2 N–H and O–H groups in total. The van der Waals surface area contributed by atoms with Crippen molar-refractivity contribution in [3.63, 3.8) is 0 Å². The molecule has 10 heteroatoms. The number of aryl methyl sites for hydroxylation is 1. The second-order valence-electron chi connectivity index (χ2n) is 9.23. The largest absolute Gasteiger partial charge is 0.349 e. The Balaban J connectivity index is 1.85. The molecule has 1 aliphatic heterocycles. The van der Waals surface area contributed by atoms with E-state index >= 15 is 0 Å². The van der Waals surface area contributed by atoms with Crippen LogP contribution in [0.3, 0.4) is 0 Å². The summed E-state index contributed by atoms with van der Waals surface area (Å²) in [6.07, 6.45) is 3.79. The smallest absolute Gasteiger partial charge is 0.287 e. The lowest BCUT2D eigenvalue weighted by molar-refractivity contribution is -0.141. The summed E-state index contributed by atoms with van der Waals surface area (Å²) in [7, 11) is -3.95. The molecular weight excluding hydrogens is 468 g/mol. The summed E-state index contributed by atoms with van der Waals surface area (Å²) in [6, 6.07) is 8.45. The van der Waals surface area contributed by atoms with E-state index in [9.17, 15) is 22.8 Å². The number of amides is 1. The van der Waals surface area contributed by atoms with Crippen molar-refractivity contribution in [2.75, 3.05) is 6.54 Å². The molecule has 0 fully saturated rings. The lowest BCUT2D eigenvalue weighted by Gasteiger charge is -2.22. The van der Waals surface area contributed by atoms with Gasteiger partial charge in [-0.25, -0.2) is 23.1 Å². The van der Waals surface area contributed by atoms with E-state index in [-0.39, 0.29) is 30.1 Å². The quantitative estimate of drug-likeness (QED) is 0.529. The van der Waals surface area contributed by atoms with Crippen molar-refractivity contribution in [2.24, 2.45) is 11.8 Å². The van der Waals surface area contributed by atoms with Gasteiger partial charge in [-0.2, -0.15) is 0 Å². The number of Topliss-reactive ketones (excluding diaryl/α,β-unsaturated/α-hetero) is 2. The molecule has 188 valence electrons. The number of aromatic nitrogens is 2. The molecule has 2 aromatic rings. The maximum absolute atomic E-state index is 13.4. The van der Waals surface area contributed by atoms with Crippen LogP contribution in [-0.2, 0) is 37.2 Å². The zero-order valence-electron chi connectivity index (χ0n) is 20.1. The minimum Gasteiger partial charge on any atom is -0.349 e. The lowest BCUT2D eigenvalue weighted by atomic mass is 9.88. The van der Waals surface area contributed by atoms with Crippen molar-refractivity contribution >= 4 is 27.5 Å². The summed E-state index contributed by atoms with van der Waals surface area (Å²) in [5, 5.41) is 2.63. The van der Waals surface area contributed by atoms with Crippen LogP contribution < -0.4 is 10.0 Å². The third-order valence-corrected chi connectivity index (χ3v) is 7.31. The highest BCUT2D eigenvalue weighted by molar-refractivity contribution is 7.89. The van der Waals surface area contributed by atoms with Gasteiger partial charge in [0.25, 0.3) is 5.91 Å². The number of hydrogen-bond acceptors (Lipinski definition) is 7.